The third-order valence-electron chi connectivity index (χ3n) is 2.48. The number of nitrogens with zero attached hydrogens (tertiary/aromatic N) is 2. The standard InChI is InChI=1S/C11H20N4O4S2/c1-5-12-11-9(15(16)17)6-10(20-11)21(18,19)13-8(2)7-14(3)4/h6,8,12-13H,5,7H2,1-4H3. The van der Waals surface area contributed by atoms with Gasteiger partial charge in [0.2, 0.25) is 0 Å². The van der Waals surface area contributed by atoms with Crippen molar-refractivity contribution in [2.75, 3.05) is 32.5 Å². The highest BCUT2D eigenvalue weighted by Gasteiger charge is 2.27. The summed E-state index contributed by atoms with van der Waals surface area (Å²) in [6.07, 6.45) is 0. The predicted molar refractivity (Wildman–Crippen MR) is 83.5 cm³/mol. The Balaban J connectivity index is 3.03. The molecule has 8 nitrogen and oxygen atoms in total. The van der Waals surface area contributed by atoms with Crippen LogP contribution in [0.1, 0.15) is 13.8 Å². The van der Waals surface area contributed by atoms with Crippen LogP contribution < -0.4 is 10.0 Å². The highest BCUT2D eigenvalue weighted by molar-refractivity contribution is 7.91. The van der Waals surface area contributed by atoms with Crippen LogP contribution in [0.2, 0.25) is 0 Å². The lowest BCUT2D eigenvalue weighted by Gasteiger charge is -2.17. The van der Waals surface area contributed by atoms with Gasteiger partial charge in [0.1, 0.15) is 4.21 Å². The molecule has 1 heterocycles. The number of nitro groups is 1. The average Bonchev–Trinajstić information content (AvgIpc) is 2.72. The first-order valence-corrected chi connectivity index (χ1v) is 8.66. The van der Waals surface area contributed by atoms with Gasteiger partial charge >= 0.3 is 5.69 Å². The van der Waals surface area contributed by atoms with E-state index in [0.29, 0.717) is 13.1 Å². The molecule has 1 rings (SSSR count). The van der Waals surface area contributed by atoms with Crippen molar-refractivity contribution in [1.29, 1.82) is 0 Å². The smallest absolute Gasteiger partial charge is 0.304 e. The van der Waals surface area contributed by atoms with Crippen molar-refractivity contribution in [1.82, 2.24) is 9.62 Å². The van der Waals surface area contributed by atoms with Gasteiger partial charge in [-0.15, -0.1) is 0 Å². The van der Waals surface area contributed by atoms with E-state index in [-0.39, 0.29) is 20.9 Å². The Morgan fingerprint density at radius 1 is 1.48 bits per heavy atom. The largest absolute Gasteiger partial charge is 0.372 e. The highest BCUT2D eigenvalue weighted by Crippen LogP contribution is 2.36. The van der Waals surface area contributed by atoms with E-state index < -0.39 is 14.9 Å². The number of thiophene rings is 1. The molecule has 120 valence electrons. The SMILES string of the molecule is CCNc1sc(S(=O)(=O)NC(C)CN(C)C)cc1[N+](=O)[O-]. The molecule has 1 atom stereocenters. The molecule has 0 aliphatic carbocycles. The molecule has 0 amide bonds. The summed E-state index contributed by atoms with van der Waals surface area (Å²) >= 11 is 0.863. The molecule has 0 saturated heterocycles. The second-order valence-electron chi connectivity index (χ2n) is 4.85. The molecule has 0 fully saturated rings. The summed E-state index contributed by atoms with van der Waals surface area (Å²) in [6.45, 7) is 4.54. The Hall–Kier alpha value is -1.23. The van der Waals surface area contributed by atoms with Gasteiger partial charge in [0, 0.05) is 25.2 Å². The van der Waals surface area contributed by atoms with Crippen LogP contribution in [0.5, 0.6) is 0 Å². The van der Waals surface area contributed by atoms with E-state index in [1.807, 2.05) is 19.0 Å². The molecule has 0 bridgehead atoms. The first kappa shape index (κ1) is 17.8. The summed E-state index contributed by atoms with van der Waals surface area (Å²) in [5.74, 6) is 0. The molecular weight excluding hydrogens is 316 g/mol. The normalized spacial score (nSPS) is 13.4. The molecule has 0 saturated carbocycles. The van der Waals surface area contributed by atoms with Crippen LogP contribution in [0.15, 0.2) is 10.3 Å². The van der Waals surface area contributed by atoms with Crippen molar-refractivity contribution in [2.24, 2.45) is 0 Å². The molecule has 1 aromatic rings. The molecule has 0 spiro atoms. The van der Waals surface area contributed by atoms with Crippen molar-refractivity contribution in [3.05, 3.63) is 16.2 Å². The van der Waals surface area contributed by atoms with Gasteiger partial charge in [-0.2, -0.15) is 0 Å². The summed E-state index contributed by atoms with van der Waals surface area (Å²) in [5.41, 5.74) is -0.220. The number of hydrogen-bond acceptors (Lipinski definition) is 7. The molecular formula is C11H20N4O4S2. The van der Waals surface area contributed by atoms with E-state index in [4.69, 9.17) is 0 Å². The lowest BCUT2D eigenvalue weighted by atomic mass is 10.3. The fraction of sp³-hybridized carbons (Fsp3) is 0.636. The first-order chi connectivity index (χ1) is 9.67. The van der Waals surface area contributed by atoms with Crippen LogP contribution in [0.3, 0.4) is 0 Å². The number of hydrogen-bond donors (Lipinski definition) is 2. The molecule has 21 heavy (non-hydrogen) atoms. The van der Waals surface area contributed by atoms with Crippen molar-refractivity contribution in [3.8, 4) is 0 Å². The van der Waals surface area contributed by atoms with Crippen LogP contribution in [0.25, 0.3) is 0 Å². The van der Waals surface area contributed by atoms with Crippen LogP contribution in [0.4, 0.5) is 10.7 Å². The summed E-state index contributed by atoms with van der Waals surface area (Å²) in [5, 5.41) is 14.0. The van der Waals surface area contributed by atoms with Crippen LogP contribution in [-0.2, 0) is 10.0 Å². The highest BCUT2D eigenvalue weighted by atomic mass is 32.2. The van der Waals surface area contributed by atoms with Crippen LogP contribution >= 0.6 is 11.3 Å². The fourth-order valence-electron chi connectivity index (χ4n) is 1.82. The van der Waals surface area contributed by atoms with E-state index in [1.54, 1.807) is 13.8 Å². The summed E-state index contributed by atoms with van der Waals surface area (Å²) in [4.78, 5) is 12.2. The number of anilines is 1. The third kappa shape index (κ3) is 4.92. The number of sulfonamides is 1. The van der Waals surface area contributed by atoms with Gasteiger partial charge in [0.15, 0.2) is 5.00 Å². The van der Waals surface area contributed by atoms with Gasteiger partial charge in [-0.05, 0) is 27.9 Å². The number of nitrogens with one attached hydrogen (secondary N) is 2. The van der Waals surface area contributed by atoms with E-state index in [1.165, 1.54) is 0 Å². The maximum Gasteiger partial charge on any atom is 0.304 e. The van der Waals surface area contributed by atoms with Gasteiger partial charge in [-0.3, -0.25) is 10.1 Å². The van der Waals surface area contributed by atoms with Crippen molar-refractivity contribution in [3.63, 3.8) is 0 Å². The average molecular weight is 336 g/mol. The lowest BCUT2D eigenvalue weighted by molar-refractivity contribution is -0.383. The number of likely N-dealkylation sites (N-methyl/N-ethyl adjacent to an activating group) is 1. The van der Waals surface area contributed by atoms with Crippen LogP contribution in [-0.4, -0.2) is 51.5 Å². The Morgan fingerprint density at radius 2 is 2.10 bits per heavy atom. The van der Waals surface area contributed by atoms with E-state index in [9.17, 15) is 18.5 Å². The van der Waals surface area contributed by atoms with Crippen molar-refractivity contribution < 1.29 is 13.3 Å². The van der Waals surface area contributed by atoms with Gasteiger partial charge in [-0.25, -0.2) is 13.1 Å². The summed E-state index contributed by atoms with van der Waals surface area (Å²) in [6, 6.07) is 0.793. The Bertz CT molecular complexity index is 597. The second kappa shape index (κ2) is 7.16. The molecule has 2 N–H and O–H groups in total. The molecule has 0 aliphatic heterocycles. The Morgan fingerprint density at radius 3 is 2.57 bits per heavy atom. The van der Waals surface area contributed by atoms with E-state index >= 15 is 0 Å². The topological polar surface area (TPSA) is 105 Å². The van der Waals surface area contributed by atoms with Gasteiger partial charge in [0.05, 0.1) is 4.92 Å². The minimum absolute atomic E-state index is 0.0595. The first-order valence-electron chi connectivity index (χ1n) is 6.36. The monoisotopic (exact) mass is 336 g/mol. The van der Waals surface area contributed by atoms with Gasteiger partial charge in [-0.1, -0.05) is 11.3 Å². The zero-order valence-electron chi connectivity index (χ0n) is 12.4. The van der Waals surface area contributed by atoms with Gasteiger partial charge < -0.3 is 10.2 Å². The molecule has 10 heteroatoms. The second-order valence-corrected chi connectivity index (χ2v) is 7.84. The lowest BCUT2D eigenvalue weighted by Crippen LogP contribution is -2.39. The molecule has 1 unspecified atom stereocenters. The van der Waals surface area contributed by atoms with E-state index in [0.717, 1.165) is 17.4 Å². The minimum Gasteiger partial charge on any atom is -0.372 e. The Kier molecular flexibility index (Phi) is 6.08. The van der Waals surface area contributed by atoms with Crippen molar-refractivity contribution >= 4 is 32.0 Å². The molecule has 0 aliphatic rings. The zero-order chi connectivity index (χ0) is 16.2. The van der Waals surface area contributed by atoms with Crippen LogP contribution in [0, 0.1) is 10.1 Å². The quantitative estimate of drug-likeness (QED) is 0.548. The van der Waals surface area contributed by atoms with Crippen molar-refractivity contribution in [2.45, 2.75) is 24.1 Å². The third-order valence-corrected chi connectivity index (χ3v) is 5.63. The maximum atomic E-state index is 12.2. The number of rotatable bonds is 8. The molecule has 0 aromatic carbocycles. The minimum atomic E-state index is -3.76. The predicted octanol–water partition coefficient (Wildman–Crippen LogP) is 1.32. The fourth-order valence-corrected chi connectivity index (χ4v) is 4.47. The van der Waals surface area contributed by atoms with E-state index in [2.05, 4.69) is 10.0 Å². The Labute approximate surface area is 128 Å². The maximum absolute atomic E-state index is 12.2. The summed E-state index contributed by atoms with van der Waals surface area (Å²) in [7, 11) is -0.0865. The van der Waals surface area contributed by atoms with Gasteiger partial charge in [0.25, 0.3) is 10.0 Å². The summed E-state index contributed by atoms with van der Waals surface area (Å²) < 4.78 is 27.0. The zero-order valence-corrected chi connectivity index (χ0v) is 14.0. The molecule has 0 radical (unpaired) electrons. The molecule has 1 aromatic heterocycles.